The first-order chi connectivity index (χ1) is 15.0. The summed E-state index contributed by atoms with van der Waals surface area (Å²) >= 11 is 0. The average Bonchev–Trinajstić information content (AvgIpc) is 3.21. The molecule has 0 saturated carbocycles. The zero-order valence-electron chi connectivity index (χ0n) is 17.6. The molecule has 2 amide bonds. The molecule has 2 N–H and O–H groups in total. The molecular weight excluding hydrogens is 402 g/mol. The first kappa shape index (κ1) is 21.9. The fourth-order valence-electron chi connectivity index (χ4n) is 2.74. The molecule has 2 aromatic carbocycles. The van der Waals surface area contributed by atoms with Crippen molar-refractivity contribution in [1.82, 2.24) is 10.7 Å². The second-order valence-corrected chi connectivity index (χ2v) is 6.85. The Balaban J connectivity index is 1.50. The van der Waals surface area contributed by atoms with Gasteiger partial charge >= 0.3 is 0 Å². The number of hydrogen-bond acceptors (Lipinski definition) is 7. The number of rotatable bonds is 9. The summed E-state index contributed by atoms with van der Waals surface area (Å²) in [5, 5.41) is 6.45. The molecule has 9 nitrogen and oxygen atoms in total. The third kappa shape index (κ3) is 6.11. The molecule has 31 heavy (non-hydrogen) atoms. The van der Waals surface area contributed by atoms with E-state index in [1.807, 2.05) is 20.8 Å². The minimum absolute atomic E-state index is 0.0193. The number of nitrogens with one attached hydrogen (secondary N) is 2. The fraction of sp³-hybridized carbons (Fsp3) is 0.318. The van der Waals surface area contributed by atoms with Crippen LogP contribution < -0.4 is 29.7 Å². The van der Waals surface area contributed by atoms with Crippen LogP contribution >= 0.6 is 0 Å². The van der Waals surface area contributed by atoms with Crippen LogP contribution in [0.4, 0.5) is 0 Å². The lowest BCUT2D eigenvalue weighted by Crippen LogP contribution is -2.34. The van der Waals surface area contributed by atoms with Crippen LogP contribution in [0.3, 0.4) is 0 Å². The van der Waals surface area contributed by atoms with Gasteiger partial charge in [-0.25, -0.2) is 5.43 Å². The number of carbonyl (C=O) groups excluding carboxylic acids is 2. The molecule has 0 radical (unpaired) electrons. The fourth-order valence-corrected chi connectivity index (χ4v) is 2.74. The number of hydrogen-bond donors (Lipinski definition) is 2. The molecule has 1 aliphatic heterocycles. The molecule has 3 rings (SSSR count). The molecule has 0 saturated heterocycles. The third-order valence-electron chi connectivity index (χ3n) is 4.08. The quantitative estimate of drug-likeness (QED) is 0.470. The highest BCUT2D eigenvalue weighted by Gasteiger charge is 2.16. The van der Waals surface area contributed by atoms with Crippen molar-refractivity contribution < 1.29 is 28.5 Å². The monoisotopic (exact) mass is 427 g/mol. The summed E-state index contributed by atoms with van der Waals surface area (Å²) in [7, 11) is 0. The second kappa shape index (κ2) is 10.3. The molecule has 164 valence electrons. The van der Waals surface area contributed by atoms with Crippen LogP contribution in [0.25, 0.3) is 0 Å². The molecule has 9 heteroatoms. The first-order valence-corrected chi connectivity index (χ1v) is 9.89. The molecule has 0 spiro atoms. The van der Waals surface area contributed by atoms with Gasteiger partial charge < -0.3 is 24.3 Å². The van der Waals surface area contributed by atoms with E-state index < -0.39 is 11.8 Å². The van der Waals surface area contributed by atoms with Gasteiger partial charge in [-0.05, 0) is 62.7 Å². The number of fused-ring (bicyclic) bond motifs is 1. The molecule has 0 aliphatic carbocycles. The lowest BCUT2D eigenvalue weighted by atomic mass is 10.2. The number of benzene rings is 2. The van der Waals surface area contributed by atoms with E-state index in [1.54, 1.807) is 36.4 Å². The van der Waals surface area contributed by atoms with E-state index in [0.29, 0.717) is 35.2 Å². The highest BCUT2D eigenvalue weighted by molar-refractivity contribution is 5.97. The highest BCUT2D eigenvalue weighted by atomic mass is 16.7. The van der Waals surface area contributed by atoms with Crippen LogP contribution in [-0.2, 0) is 4.79 Å². The molecule has 0 bridgehead atoms. The number of ether oxygens (including phenoxy) is 4. The third-order valence-corrected chi connectivity index (χ3v) is 4.08. The Hall–Kier alpha value is -3.75. The van der Waals surface area contributed by atoms with Gasteiger partial charge in [-0.15, -0.1) is 0 Å². The van der Waals surface area contributed by atoms with Gasteiger partial charge in [-0.1, -0.05) is 0 Å². The first-order valence-electron chi connectivity index (χ1n) is 9.89. The van der Waals surface area contributed by atoms with Crippen LogP contribution in [0, 0.1) is 0 Å². The maximum Gasteiger partial charge on any atom is 0.259 e. The Morgan fingerprint density at radius 2 is 1.94 bits per heavy atom. The molecule has 0 atom stereocenters. The maximum absolute atomic E-state index is 12.2. The zero-order chi connectivity index (χ0) is 22.2. The summed E-state index contributed by atoms with van der Waals surface area (Å²) in [4.78, 5) is 24.2. The summed E-state index contributed by atoms with van der Waals surface area (Å²) in [6, 6.07) is 10.2. The molecule has 0 fully saturated rings. The number of amides is 2. The zero-order valence-corrected chi connectivity index (χ0v) is 17.6. The molecule has 2 aromatic rings. The SMILES string of the molecule is CCOc1cc(/C=N/NC(=O)CNC(=O)c2ccc3c(c2)OCO3)ccc1OC(C)C. The van der Waals surface area contributed by atoms with E-state index in [2.05, 4.69) is 15.8 Å². The summed E-state index contributed by atoms with van der Waals surface area (Å²) in [5.74, 6) is 1.46. The Morgan fingerprint density at radius 3 is 2.71 bits per heavy atom. The summed E-state index contributed by atoms with van der Waals surface area (Å²) in [6.07, 6.45) is 1.50. The number of carbonyl (C=O) groups is 2. The topological polar surface area (TPSA) is 107 Å². The molecule has 1 aliphatic rings. The largest absolute Gasteiger partial charge is 0.490 e. The Bertz CT molecular complexity index is 974. The predicted molar refractivity (Wildman–Crippen MR) is 114 cm³/mol. The van der Waals surface area contributed by atoms with Gasteiger partial charge in [0.05, 0.1) is 25.5 Å². The van der Waals surface area contributed by atoms with Gasteiger partial charge in [0, 0.05) is 5.56 Å². The van der Waals surface area contributed by atoms with Crippen LogP contribution in [0.15, 0.2) is 41.5 Å². The summed E-state index contributed by atoms with van der Waals surface area (Å²) in [5.41, 5.74) is 3.47. The average molecular weight is 427 g/mol. The van der Waals surface area contributed by atoms with Crippen molar-refractivity contribution >= 4 is 18.0 Å². The minimum atomic E-state index is -0.463. The standard InChI is InChI=1S/C22H25N3O6/c1-4-28-19-9-15(5-7-18(19)31-14(2)3)11-24-25-21(26)12-23-22(27)16-6-8-17-20(10-16)30-13-29-17/h5-11,14H,4,12-13H2,1-3H3,(H,23,27)(H,25,26)/b24-11+. The van der Waals surface area contributed by atoms with Gasteiger partial charge in [0.15, 0.2) is 23.0 Å². The van der Waals surface area contributed by atoms with Crippen molar-refractivity contribution in [2.75, 3.05) is 19.9 Å². The smallest absolute Gasteiger partial charge is 0.259 e. The highest BCUT2D eigenvalue weighted by Crippen LogP contribution is 2.32. The molecular formula is C22H25N3O6. The van der Waals surface area contributed by atoms with Gasteiger partial charge in [0.2, 0.25) is 6.79 Å². The van der Waals surface area contributed by atoms with E-state index in [4.69, 9.17) is 18.9 Å². The van der Waals surface area contributed by atoms with Gasteiger partial charge in [-0.3, -0.25) is 9.59 Å². The molecule has 0 unspecified atom stereocenters. The predicted octanol–water partition coefficient (Wildman–Crippen LogP) is 2.48. The second-order valence-electron chi connectivity index (χ2n) is 6.85. The number of nitrogens with zero attached hydrogens (tertiary/aromatic N) is 1. The van der Waals surface area contributed by atoms with E-state index in [9.17, 15) is 9.59 Å². The normalized spacial score (nSPS) is 12.1. The lowest BCUT2D eigenvalue weighted by Gasteiger charge is -2.14. The van der Waals surface area contributed by atoms with Gasteiger partial charge in [0.25, 0.3) is 11.8 Å². The van der Waals surface area contributed by atoms with Gasteiger partial charge in [-0.2, -0.15) is 5.10 Å². The van der Waals surface area contributed by atoms with Crippen molar-refractivity contribution in [3.8, 4) is 23.0 Å². The minimum Gasteiger partial charge on any atom is -0.490 e. The van der Waals surface area contributed by atoms with Crippen molar-refractivity contribution in [1.29, 1.82) is 0 Å². The molecule has 1 heterocycles. The Kier molecular flexibility index (Phi) is 7.31. The Labute approximate surface area is 180 Å². The van der Waals surface area contributed by atoms with Crippen molar-refractivity contribution in [3.63, 3.8) is 0 Å². The Morgan fingerprint density at radius 1 is 1.13 bits per heavy atom. The lowest BCUT2D eigenvalue weighted by molar-refractivity contribution is -0.120. The summed E-state index contributed by atoms with van der Waals surface area (Å²) < 4.78 is 21.8. The van der Waals surface area contributed by atoms with Crippen molar-refractivity contribution in [3.05, 3.63) is 47.5 Å². The van der Waals surface area contributed by atoms with Crippen LogP contribution in [0.5, 0.6) is 23.0 Å². The summed E-state index contributed by atoms with van der Waals surface area (Å²) in [6.45, 7) is 6.15. The maximum atomic E-state index is 12.2. The van der Waals surface area contributed by atoms with E-state index >= 15 is 0 Å². The molecule has 0 aromatic heterocycles. The number of hydrazone groups is 1. The van der Waals surface area contributed by atoms with Crippen LogP contribution in [0.1, 0.15) is 36.7 Å². The van der Waals surface area contributed by atoms with Crippen LogP contribution in [-0.4, -0.2) is 44.1 Å². The van der Waals surface area contributed by atoms with E-state index in [0.717, 1.165) is 5.56 Å². The van der Waals surface area contributed by atoms with E-state index in [1.165, 1.54) is 6.21 Å². The van der Waals surface area contributed by atoms with Crippen LogP contribution in [0.2, 0.25) is 0 Å². The van der Waals surface area contributed by atoms with Gasteiger partial charge in [0.1, 0.15) is 0 Å². The van der Waals surface area contributed by atoms with E-state index in [-0.39, 0.29) is 19.4 Å². The van der Waals surface area contributed by atoms with Crippen molar-refractivity contribution in [2.24, 2.45) is 5.10 Å². The van der Waals surface area contributed by atoms with Crippen molar-refractivity contribution in [2.45, 2.75) is 26.9 Å².